The molecule has 0 saturated heterocycles. The minimum atomic E-state index is -3.46. The van der Waals surface area contributed by atoms with Crippen molar-refractivity contribution >= 4 is 21.4 Å². The molecule has 0 unspecified atom stereocenters. The summed E-state index contributed by atoms with van der Waals surface area (Å²) < 4.78 is 26.2. The van der Waals surface area contributed by atoms with Crippen molar-refractivity contribution in [2.75, 3.05) is 0 Å². The van der Waals surface area contributed by atoms with E-state index in [0.717, 1.165) is 11.3 Å². The Morgan fingerprint density at radius 2 is 2.35 bits per heavy atom. The molecular formula is C10H13N3O2S2. The molecule has 17 heavy (non-hydrogen) atoms. The second-order valence-electron chi connectivity index (χ2n) is 3.48. The van der Waals surface area contributed by atoms with Crippen LogP contribution < -0.4 is 4.72 Å². The zero-order chi connectivity index (χ0) is 12.3. The number of thiophene rings is 1. The van der Waals surface area contributed by atoms with Gasteiger partial charge in [-0.3, -0.25) is 5.10 Å². The first-order chi connectivity index (χ1) is 8.13. The van der Waals surface area contributed by atoms with Gasteiger partial charge in [-0.05, 0) is 23.4 Å². The molecule has 0 saturated carbocycles. The van der Waals surface area contributed by atoms with Crippen LogP contribution in [0.25, 0.3) is 0 Å². The Bertz CT molecular complexity index is 572. The Morgan fingerprint density at radius 3 is 3.00 bits per heavy atom. The third kappa shape index (κ3) is 2.74. The molecule has 5 nitrogen and oxygen atoms in total. The summed E-state index contributed by atoms with van der Waals surface area (Å²) in [5, 5.41) is 8.08. The van der Waals surface area contributed by atoms with Gasteiger partial charge in [0, 0.05) is 17.6 Å². The van der Waals surface area contributed by atoms with Crippen LogP contribution >= 0.6 is 11.3 Å². The monoisotopic (exact) mass is 271 g/mol. The van der Waals surface area contributed by atoms with Crippen LogP contribution in [-0.2, 0) is 23.0 Å². The second-order valence-corrected chi connectivity index (χ2v) is 6.25. The molecular weight excluding hydrogens is 258 g/mol. The van der Waals surface area contributed by atoms with Gasteiger partial charge in [0.2, 0.25) is 10.0 Å². The molecule has 2 aromatic rings. The number of nitrogens with zero attached hydrogens (tertiary/aromatic N) is 1. The van der Waals surface area contributed by atoms with E-state index >= 15 is 0 Å². The van der Waals surface area contributed by atoms with Gasteiger partial charge >= 0.3 is 0 Å². The first-order valence-corrected chi connectivity index (χ1v) is 7.53. The number of rotatable bonds is 5. The van der Waals surface area contributed by atoms with Crippen LogP contribution in [-0.4, -0.2) is 18.6 Å². The maximum Gasteiger partial charge on any atom is 0.244 e. The highest BCUT2D eigenvalue weighted by Gasteiger charge is 2.15. The smallest absolute Gasteiger partial charge is 0.244 e. The number of nitrogens with one attached hydrogen (secondary N) is 2. The van der Waals surface area contributed by atoms with E-state index in [9.17, 15) is 8.42 Å². The molecule has 0 radical (unpaired) electrons. The van der Waals surface area contributed by atoms with Crippen molar-refractivity contribution in [2.45, 2.75) is 24.8 Å². The molecule has 0 spiro atoms. The quantitative estimate of drug-likeness (QED) is 0.865. The van der Waals surface area contributed by atoms with E-state index in [1.807, 2.05) is 11.4 Å². The molecule has 0 amide bonds. The first-order valence-electron chi connectivity index (χ1n) is 5.17. The molecule has 2 rings (SSSR count). The van der Waals surface area contributed by atoms with E-state index in [1.54, 1.807) is 11.3 Å². The zero-order valence-corrected chi connectivity index (χ0v) is 10.9. The fourth-order valence-electron chi connectivity index (χ4n) is 1.47. The van der Waals surface area contributed by atoms with Crippen molar-refractivity contribution in [1.29, 1.82) is 0 Å². The Labute approximate surface area is 104 Å². The molecule has 2 heterocycles. The van der Waals surface area contributed by atoms with E-state index in [4.69, 9.17) is 0 Å². The molecule has 0 aliphatic heterocycles. The van der Waals surface area contributed by atoms with Crippen LogP contribution in [0.15, 0.2) is 28.7 Å². The minimum Gasteiger partial charge on any atom is -0.284 e. The number of aromatic amines is 1. The van der Waals surface area contributed by atoms with Gasteiger partial charge in [0.25, 0.3) is 0 Å². The highest BCUT2D eigenvalue weighted by molar-refractivity contribution is 7.89. The van der Waals surface area contributed by atoms with Crippen molar-refractivity contribution in [3.8, 4) is 0 Å². The average molecular weight is 271 g/mol. The molecule has 0 atom stereocenters. The lowest BCUT2D eigenvalue weighted by atomic mass is 10.2. The fourth-order valence-corrected chi connectivity index (χ4v) is 3.37. The number of H-pyrrole nitrogens is 1. The van der Waals surface area contributed by atoms with Gasteiger partial charge in [-0.2, -0.15) is 5.10 Å². The maximum absolute atomic E-state index is 11.8. The van der Waals surface area contributed by atoms with Crippen molar-refractivity contribution < 1.29 is 8.42 Å². The van der Waals surface area contributed by atoms with Gasteiger partial charge in [0.05, 0.1) is 6.20 Å². The standard InChI is InChI=1S/C10H13N3O2S2/c1-2-8-3-4-16-10(8)7-13-17(14,15)9-5-11-12-6-9/h3-6,13H,2,7H2,1H3,(H,11,12). The van der Waals surface area contributed by atoms with E-state index < -0.39 is 10.0 Å². The summed E-state index contributed by atoms with van der Waals surface area (Å²) in [6, 6.07) is 2.02. The number of aryl methyl sites for hydroxylation is 1. The summed E-state index contributed by atoms with van der Waals surface area (Å²) >= 11 is 1.56. The van der Waals surface area contributed by atoms with Crippen LogP contribution in [0.1, 0.15) is 17.4 Å². The highest BCUT2D eigenvalue weighted by Crippen LogP contribution is 2.17. The maximum atomic E-state index is 11.8. The molecule has 2 N–H and O–H groups in total. The third-order valence-corrected chi connectivity index (χ3v) is 4.76. The Hall–Kier alpha value is -1.18. The summed E-state index contributed by atoms with van der Waals surface area (Å²) in [4.78, 5) is 1.21. The van der Waals surface area contributed by atoms with Crippen LogP contribution in [0.2, 0.25) is 0 Å². The minimum absolute atomic E-state index is 0.159. The van der Waals surface area contributed by atoms with E-state index in [-0.39, 0.29) is 4.90 Å². The molecule has 92 valence electrons. The lowest BCUT2D eigenvalue weighted by molar-refractivity contribution is 0.581. The van der Waals surface area contributed by atoms with E-state index in [0.29, 0.717) is 6.54 Å². The van der Waals surface area contributed by atoms with Gasteiger partial charge in [-0.15, -0.1) is 11.3 Å². The second kappa shape index (κ2) is 4.99. The van der Waals surface area contributed by atoms with Crippen LogP contribution in [0.5, 0.6) is 0 Å². The largest absolute Gasteiger partial charge is 0.284 e. The number of hydrogen-bond acceptors (Lipinski definition) is 4. The van der Waals surface area contributed by atoms with E-state index in [1.165, 1.54) is 18.0 Å². The fraction of sp³-hybridized carbons (Fsp3) is 0.300. The van der Waals surface area contributed by atoms with Crippen LogP contribution in [0.4, 0.5) is 0 Å². The average Bonchev–Trinajstić information content (AvgIpc) is 2.97. The Morgan fingerprint density at radius 1 is 1.53 bits per heavy atom. The summed E-state index contributed by atoms with van der Waals surface area (Å²) in [7, 11) is -3.46. The predicted octanol–water partition coefficient (Wildman–Crippen LogP) is 1.51. The first kappa shape index (κ1) is 12.3. The predicted molar refractivity (Wildman–Crippen MR) is 66.3 cm³/mol. The lowest BCUT2D eigenvalue weighted by Crippen LogP contribution is -2.22. The van der Waals surface area contributed by atoms with Gasteiger partial charge in [0.1, 0.15) is 4.90 Å². The number of aromatic nitrogens is 2. The van der Waals surface area contributed by atoms with Gasteiger partial charge in [-0.1, -0.05) is 6.92 Å². The van der Waals surface area contributed by atoms with Crippen molar-refractivity contribution in [3.05, 3.63) is 34.3 Å². The normalized spacial score (nSPS) is 11.8. The molecule has 0 fully saturated rings. The highest BCUT2D eigenvalue weighted by atomic mass is 32.2. The van der Waals surface area contributed by atoms with Gasteiger partial charge in [-0.25, -0.2) is 13.1 Å². The van der Waals surface area contributed by atoms with E-state index in [2.05, 4.69) is 21.8 Å². The Kier molecular flexibility index (Phi) is 3.60. The van der Waals surface area contributed by atoms with Crippen molar-refractivity contribution in [3.63, 3.8) is 0 Å². The summed E-state index contributed by atoms with van der Waals surface area (Å²) in [5.74, 6) is 0. The molecule has 0 bridgehead atoms. The van der Waals surface area contributed by atoms with Crippen molar-refractivity contribution in [1.82, 2.24) is 14.9 Å². The third-order valence-electron chi connectivity index (χ3n) is 2.42. The number of hydrogen-bond donors (Lipinski definition) is 2. The van der Waals surface area contributed by atoms with Crippen LogP contribution in [0.3, 0.4) is 0 Å². The van der Waals surface area contributed by atoms with Gasteiger partial charge < -0.3 is 0 Å². The summed E-state index contributed by atoms with van der Waals surface area (Å²) in [6.45, 7) is 2.38. The molecule has 0 aromatic carbocycles. The van der Waals surface area contributed by atoms with Gasteiger partial charge in [0.15, 0.2) is 0 Å². The topological polar surface area (TPSA) is 74.8 Å². The zero-order valence-electron chi connectivity index (χ0n) is 9.30. The number of sulfonamides is 1. The molecule has 0 aliphatic rings. The van der Waals surface area contributed by atoms with Crippen molar-refractivity contribution in [2.24, 2.45) is 0 Å². The molecule has 0 aliphatic carbocycles. The van der Waals surface area contributed by atoms with Crippen LogP contribution in [0, 0.1) is 0 Å². The Balaban J connectivity index is 2.08. The lowest BCUT2D eigenvalue weighted by Gasteiger charge is -2.04. The molecule has 2 aromatic heterocycles. The SMILES string of the molecule is CCc1ccsc1CNS(=O)(=O)c1cn[nH]c1. The summed E-state index contributed by atoms with van der Waals surface area (Å²) in [5.41, 5.74) is 1.19. The molecule has 7 heteroatoms. The summed E-state index contributed by atoms with van der Waals surface area (Å²) in [6.07, 6.45) is 3.56.